The van der Waals surface area contributed by atoms with E-state index in [1.165, 1.54) is 5.56 Å². The predicted octanol–water partition coefficient (Wildman–Crippen LogP) is 5.78. The maximum atomic E-state index is 11.8. The molecule has 0 saturated carbocycles. The number of non-ortho nitro benzene ring substituents is 1. The van der Waals surface area contributed by atoms with Gasteiger partial charge in [0, 0.05) is 42.7 Å². The summed E-state index contributed by atoms with van der Waals surface area (Å²) in [4.78, 5) is 18.3. The summed E-state index contributed by atoms with van der Waals surface area (Å²) in [5.74, 6) is 1.13. The molecule has 6 rings (SSSR count). The van der Waals surface area contributed by atoms with Crippen molar-refractivity contribution >= 4 is 28.2 Å². The van der Waals surface area contributed by atoms with Crippen molar-refractivity contribution in [3.05, 3.63) is 118 Å². The number of rotatable bonds is 7. The second-order valence-electron chi connectivity index (χ2n) is 9.46. The molecule has 3 heterocycles. The lowest BCUT2D eigenvalue weighted by Crippen LogP contribution is -2.35. The van der Waals surface area contributed by atoms with Crippen LogP contribution in [0.2, 0.25) is 0 Å². The molecule has 190 valence electrons. The fourth-order valence-electron chi connectivity index (χ4n) is 5.28. The number of nitro groups is 1. The molecule has 1 atom stereocenters. The number of fused-ring (bicyclic) bond motifs is 1. The maximum Gasteiger partial charge on any atom is 0.270 e. The first-order valence-electron chi connectivity index (χ1n) is 12.7. The smallest absolute Gasteiger partial charge is 0.270 e. The topological polar surface area (TPSA) is 102 Å². The molecule has 1 N–H and O–H groups in total. The van der Waals surface area contributed by atoms with E-state index in [2.05, 4.69) is 49.8 Å². The average Bonchev–Trinajstić information content (AvgIpc) is 3.41. The number of pyridine rings is 1. The van der Waals surface area contributed by atoms with Crippen LogP contribution >= 0.6 is 0 Å². The molecular formula is C29H27N7O2. The first kappa shape index (κ1) is 23.6. The van der Waals surface area contributed by atoms with Gasteiger partial charge in [0.05, 0.1) is 10.4 Å². The number of benzene rings is 3. The number of hydrogen-bond acceptors (Lipinski definition) is 7. The lowest BCUT2D eigenvalue weighted by atomic mass is 9.89. The Kier molecular flexibility index (Phi) is 6.39. The third kappa shape index (κ3) is 4.66. The minimum atomic E-state index is -0.570. The van der Waals surface area contributed by atoms with E-state index < -0.39 is 6.17 Å². The average molecular weight is 506 g/mol. The molecule has 1 aliphatic rings. The van der Waals surface area contributed by atoms with E-state index in [1.807, 2.05) is 54.6 Å². The highest BCUT2D eigenvalue weighted by Gasteiger charge is 2.28. The number of nitrogens with one attached hydrogen (secondary N) is 1. The Hall–Kier alpha value is -4.79. The summed E-state index contributed by atoms with van der Waals surface area (Å²) < 4.78 is 1.78. The van der Waals surface area contributed by atoms with Crippen molar-refractivity contribution in [2.24, 2.45) is 0 Å². The lowest BCUT2D eigenvalue weighted by molar-refractivity contribution is -0.384. The van der Waals surface area contributed by atoms with Gasteiger partial charge >= 0.3 is 0 Å². The van der Waals surface area contributed by atoms with Crippen molar-refractivity contribution < 1.29 is 4.92 Å². The Morgan fingerprint density at radius 2 is 1.68 bits per heavy atom. The van der Waals surface area contributed by atoms with Gasteiger partial charge in [0.25, 0.3) is 5.69 Å². The Labute approximate surface area is 219 Å². The number of aromatic nitrogens is 4. The fraction of sp³-hybridized carbons (Fsp3) is 0.207. The summed E-state index contributed by atoms with van der Waals surface area (Å²) in [6.45, 7) is 1.69. The third-order valence-corrected chi connectivity index (χ3v) is 7.19. The van der Waals surface area contributed by atoms with Gasteiger partial charge in [0.1, 0.15) is 11.3 Å². The van der Waals surface area contributed by atoms with Crippen LogP contribution in [0.25, 0.3) is 11.0 Å². The third-order valence-electron chi connectivity index (χ3n) is 7.19. The number of nitrogens with zero attached hydrogens (tertiary/aromatic N) is 6. The predicted molar refractivity (Wildman–Crippen MR) is 147 cm³/mol. The van der Waals surface area contributed by atoms with Crippen LogP contribution < -0.4 is 10.2 Å². The summed E-state index contributed by atoms with van der Waals surface area (Å²) in [7, 11) is 0. The van der Waals surface area contributed by atoms with E-state index in [4.69, 9.17) is 0 Å². The highest BCUT2D eigenvalue weighted by molar-refractivity contribution is 5.75. The molecule has 0 radical (unpaired) electrons. The molecule has 2 aromatic heterocycles. The molecule has 9 heteroatoms. The lowest BCUT2D eigenvalue weighted by Gasteiger charge is -2.36. The van der Waals surface area contributed by atoms with Gasteiger partial charge in [-0.2, -0.15) is 0 Å². The molecule has 38 heavy (non-hydrogen) atoms. The van der Waals surface area contributed by atoms with Gasteiger partial charge in [-0.1, -0.05) is 53.7 Å². The van der Waals surface area contributed by atoms with Crippen LogP contribution in [0.1, 0.15) is 36.1 Å². The van der Waals surface area contributed by atoms with Crippen LogP contribution in [0.4, 0.5) is 17.2 Å². The van der Waals surface area contributed by atoms with E-state index in [9.17, 15) is 10.1 Å². The molecule has 1 saturated heterocycles. The van der Waals surface area contributed by atoms with E-state index in [1.54, 1.807) is 23.0 Å². The summed E-state index contributed by atoms with van der Waals surface area (Å²) >= 11 is 0. The van der Waals surface area contributed by atoms with Gasteiger partial charge in [0.2, 0.25) is 0 Å². The van der Waals surface area contributed by atoms with Gasteiger partial charge in [-0.3, -0.25) is 10.1 Å². The van der Waals surface area contributed by atoms with Crippen LogP contribution in [0, 0.1) is 10.1 Å². The van der Waals surface area contributed by atoms with Gasteiger partial charge in [-0.25, -0.2) is 9.67 Å². The number of piperidine rings is 1. The van der Waals surface area contributed by atoms with Crippen molar-refractivity contribution in [1.29, 1.82) is 0 Å². The zero-order valence-electron chi connectivity index (χ0n) is 20.7. The second kappa shape index (κ2) is 10.3. The van der Waals surface area contributed by atoms with Gasteiger partial charge in [-0.05, 0) is 54.7 Å². The standard InChI is InChI=1S/C29H27N7O2/c37-36(38)23-13-14-26(34-18-15-22(16-19-34)21-8-2-1-3-9-21)24(20-23)29(31-28-12-6-7-17-30-28)35-27-11-5-4-10-25(27)32-33-35/h1-14,17,20,22,29H,15-16,18-19H2,(H,30,31). The number of anilines is 2. The van der Waals surface area contributed by atoms with Crippen molar-refractivity contribution in [3.8, 4) is 0 Å². The molecule has 1 unspecified atom stereocenters. The summed E-state index contributed by atoms with van der Waals surface area (Å²) in [6, 6.07) is 29.0. The molecule has 0 spiro atoms. The van der Waals surface area contributed by atoms with Crippen molar-refractivity contribution in [2.45, 2.75) is 24.9 Å². The summed E-state index contributed by atoms with van der Waals surface area (Å²) in [5.41, 5.74) is 4.64. The SMILES string of the molecule is O=[N+]([O-])c1ccc(N2CCC(c3ccccc3)CC2)c(C(Nc2ccccn2)n2nnc3ccccc32)c1. The van der Waals surface area contributed by atoms with Crippen LogP contribution in [0.5, 0.6) is 0 Å². The fourth-order valence-corrected chi connectivity index (χ4v) is 5.28. The first-order valence-corrected chi connectivity index (χ1v) is 12.7. The zero-order valence-corrected chi connectivity index (χ0v) is 20.7. The minimum Gasteiger partial charge on any atom is -0.371 e. The van der Waals surface area contributed by atoms with E-state index in [0.717, 1.165) is 48.2 Å². The monoisotopic (exact) mass is 505 g/mol. The van der Waals surface area contributed by atoms with E-state index >= 15 is 0 Å². The zero-order chi connectivity index (χ0) is 25.9. The molecule has 1 aliphatic heterocycles. The molecule has 0 amide bonds. The van der Waals surface area contributed by atoms with E-state index in [0.29, 0.717) is 11.7 Å². The highest BCUT2D eigenvalue weighted by atomic mass is 16.6. The molecule has 3 aromatic carbocycles. The van der Waals surface area contributed by atoms with E-state index in [-0.39, 0.29) is 10.6 Å². The van der Waals surface area contributed by atoms with Crippen LogP contribution in [0.15, 0.2) is 97.2 Å². The Bertz CT molecular complexity index is 1550. The van der Waals surface area contributed by atoms with Crippen molar-refractivity contribution in [3.63, 3.8) is 0 Å². The summed E-state index contributed by atoms with van der Waals surface area (Å²) in [6.07, 6.45) is 3.15. The second-order valence-corrected chi connectivity index (χ2v) is 9.46. The van der Waals surface area contributed by atoms with Gasteiger partial charge in [-0.15, -0.1) is 5.10 Å². The van der Waals surface area contributed by atoms with Crippen molar-refractivity contribution in [2.75, 3.05) is 23.3 Å². The highest BCUT2D eigenvalue weighted by Crippen LogP contribution is 2.37. The largest absolute Gasteiger partial charge is 0.371 e. The van der Waals surface area contributed by atoms with Crippen LogP contribution in [-0.4, -0.2) is 38.0 Å². The number of nitro benzene ring substituents is 1. The summed E-state index contributed by atoms with van der Waals surface area (Å²) in [5, 5.41) is 24.1. The van der Waals surface area contributed by atoms with Crippen LogP contribution in [0.3, 0.4) is 0 Å². The van der Waals surface area contributed by atoms with Crippen molar-refractivity contribution in [1.82, 2.24) is 20.0 Å². The molecular weight excluding hydrogens is 478 g/mol. The van der Waals surface area contributed by atoms with Gasteiger partial charge in [0.15, 0.2) is 6.17 Å². The Balaban J connectivity index is 1.42. The number of hydrogen-bond donors (Lipinski definition) is 1. The quantitative estimate of drug-likeness (QED) is 0.221. The molecule has 9 nitrogen and oxygen atoms in total. The molecule has 1 fully saturated rings. The Morgan fingerprint density at radius 3 is 2.45 bits per heavy atom. The van der Waals surface area contributed by atoms with Crippen LogP contribution in [-0.2, 0) is 0 Å². The molecule has 5 aromatic rings. The maximum absolute atomic E-state index is 11.8. The normalized spacial score (nSPS) is 14.9. The molecule has 0 bridgehead atoms. The molecule has 0 aliphatic carbocycles. The minimum absolute atomic E-state index is 0.0279. The number of para-hydroxylation sites is 1. The first-order chi connectivity index (χ1) is 18.7. The Morgan fingerprint density at radius 1 is 0.921 bits per heavy atom. The van der Waals surface area contributed by atoms with Gasteiger partial charge < -0.3 is 10.2 Å².